The zero-order valence-corrected chi connectivity index (χ0v) is 10.7. The van der Waals surface area contributed by atoms with E-state index >= 15 is 0 Å². The molecule has 2 unspecified atom stereocenters. The van der Waals surface area contributed by atoms with Gasteiger partial charge in [0.15, 0.2) is 0 Å². The molecule has 1 aliphatic heterocycles. The fourth-order valence-electron chi connectivity index (χ4n) is 1.91. The summed E-state index contributed by atoms with van der Waals surface area (Å²) in [5.74, 6) is -0.0598. The molecule has 0 bridgehead atoms. The Morgan fingerprint density at radius 3 is 3.06 bits per heavy atom. The molecule has 1 aromatic rings. The summed E-state index contributed by atoms with van der Waals surface area (Å²) >= 11 is 3.39. The first-order chi connectivity index (χ1) is 7.62. The van der Waals surface area contributed by atoms with Gasteiger partial charge < -0.3 is 5.11 Å². The summed E-state index contributed by atoms with van der Waals surface area (Å²) in [6, 6.07) is 4.01. The number of aliphatic carboxylic acids is 1. The van der Waals surface area contributed by atoms with E-state index in [0.29, 0.717) is 24.0 Å². The van der Waals surface area contributed by atoms with Gasteiger partial charge in [0.1, 0.15) is 5.54 Å². The molecule has 2 atom stereocenters. The summed E-state index contributed by atoms with van der Waals surface area (Å²) in [4.78, 5) is 12.5. The molecule has 1 aliphatic rings. The lowest BCUT2D eigenvalue weighted by Crippen LogP contribution is -2.52. The van der Waals surface area contributed by atoms with Crippen molar-refractivity contribution in [1.29, 1.82) is 0 Å². The van der Waals surface area contributed by atoms with Gasteiger partial charge in [-0.3, -0.25) is 10.1 Å². The second-order valence-corrected chi connectivity index (χ2v) is 6.60. The molecule has 0 aliphatic carbocycles. The van der Waals surface area contributed by atoms with Crippen molar-refractivity contribution in [2.75, 3.05) is 5.75 Å². The van der Waals surface area contributed by atoms with Crippen LogP contribution < -0.4 is 5.32 Å². The van der Waals surface area contributed by atoms with Gasteiger partial charge in [-0.2, -0.15) is 11.8 Å². The normalized spacial score (nSPS) is 29.4. The molecule has 0 aromatic carbocycles. The topological polar surface area (TPSA) is 49.3 Å². The van der Waals surface area contributed by atoms with E-state index in [1.165, 1.54) is 4.88 Å². The number of thiophene rings is 1. The van der Waals surface area contributed by atoms with Crippen molar-refractivity contribution in [1.82, 2.24) is 5.32 Å². The fourth-order valence-corrected chi connectivity index (χ4v) is 3.87. The predicted molar refractivity (Wildman–Crippen MR) is 68.1 cm³/mol. The van der Waals surface area contributed by atoms with E-state index in [0.717, 1.165) is 0 Å². The van der Waals surface area contributed by atoms with Gasteiger partial charge in [-0.15, -0.1) is 11.3 Å². The molecule has 88 valence electrons. The number of carboxylic acids is 1. The highest BCUT2D eigenvalue weighted by atomic mass is 32.2. The van der Waals surface area contributed by atoms with Gasteiger partial charge in [0.25, 0.3) is 0 Å². The highest BCUT2D eigenvalue weighted by molar-refractivity contribution is 8.00. The Balaban J connectivity index is 2.01. The molecule has 1 aromatic heterocycles. The zero-order valence-electron chi connectivity index (χ0n) is 9.10. The standard InChI is InChI=1S/C11H15NO2S2/c1-8-5-11(7-16-8,10(13)14)12-6-9-3-2-4-15-9/h2-4,8,12H,5-7H2,1H3,(H,13,14). The maximum Gasteiger partial charge on any atom is 0.324 e. The summed E-state index contributed by atoms with van der Waals surface area (Å²) in [5.41, 5.74) is -0.728. The predicted octanol–water partition coefficient (Wildman–Crippen LogP) is 2.19. The Morgan fingerprint density at radius 1 is 1.75 bits per heavy atom. The highest BCUT2D eigenvalue weighted by Gasteiger charge is 2.44. The molecule has 1 fully saturated rings. The first kappa shape index (κ1) is 12.0. The number of carboxylic acid groups (broad SMARTS) is 1. The van der Waals surface area contributed by atoms with Gasteiger partial charge in [-0.05, 0) is 17.9 Å². The van der Waals surface area contributed by atoms with Crippen LogP contribution in [0.3, 0.4) is 0 Å². The highest BCUT2D eigenvalue weighted by Crippen LogP contribution is 2.34. The lowest BCUT2D eigenvalue weighted by Gasteiger charge is -2.24. The minimum atomic E-state index is -0.728. The van der Waals surface area contributed by atoms with Gasteiger partial charge in [0.05, 0.1) is 0 Å². The SMILES string of the molecule is CC1CC(NCc2cccs2)(C(=O)O)CS1. The van der Waals surface area contributed by atoms with E-state index in [2.05, 4.69) is 12.2 Å². The van der Waals surface area contributed by atoms with Crippen LogP contribution in [0.5, 0.6) is 0 Å². The van der Waals surface area contributed by atoms with Gasteiger partial charge >= 0.3 is 5.97 Å². The third-order valence-corrected chi connectivity index (χ3v) is 5.11. The molecule has 2 rings (SSSR count). The average molecular weight is 257 g/mol. The van der Waals surface area contributed by atoms with Crippen molar-refractivity contribution in [3.63, 3.8) is 0 Å². The maximum absolute atomic E-state index is 11.4. The number of rotatable bonds is 4. The maximum atomic E-state index is 11.4. The third kappa shape index (κ3) is 2.42. The first-order valence-electron chi connectivity index (χ1n) is 5.25. The van der Waals surface area contributed by atoms with Crippen LogP contribution >= 0.6 is 23.1 Å². The summed E-state index contributed by atoms with van der Waals surface area (Å²) < 4.78 is 0. The van der Waals surface area contributed by atoms with Gasteiger partial charge in [0.2, 0.25) is 0 Å². The van der Waals surface area contributed by atoms with E-state index in [1.807, 2.05) is 17.5 Å². The molecule has 0 radical (unpaired) electrons. The van der Waals surface area contributed by atoms with Crippen molar-refractivity contribution in [3.8, 4) is 0 Å². The van der Waals surface area contributed by atoms with Gasteiger partial charge in [-0.25, -0.2) is 0 Å². The van der Waals surface area contributed by atoms with Crippen LogP contribution in [0, 0.1) is 0 Å². The summed E-state index contributed by atoms with van der Waals surface area (Å²) in [6.45, 7) is 2.74. The minimum absolute atomic E-state index is 0.423. The van der Waals surface area contributed by atoms with Crippen molar-refractivity contribution in [3.05, 3.63) is 22.4 Å². The smallest absolute Gasteiger partial charge is 0.324 e. The van der Waals surface area contributed by atoms with E-state index < -0.39 is 11.5 Å². The molecule has 2 heterocycles. The van der Waals surface area contributed by atoms with Crippen molar-refractivity contribution in [2.45, 2.75) is 30.7 Å². The Hall–Kier alpha value is -0.520. The zero-order chi connectivity index (χ0) is 11.6. The number of nitrogens with one attached hydrogen (secondary N) is 1. The Labute approximate surface area is 103 Å². The van der Waals surface area contributed by atoms with Crippen molar-refractivity contribution in [2.24, 2.45) is 0 Å². The Morgan fingerprint density at radius 2 is 2.56 bits per heavy atom. The van der Waals surface area contributed by atoms with Crippen LogP contribution in [0.1, 0.15) is 18.2 Å². The van der Waals surface area contributed by atoms with Crippen LogP contribution in [-0.2, 0) is 11.3 Å². The monoisotopic (exact) mass is 257 g/mol. The molecule has 2 N–H and O–H groups in total. The number of thioether (sulfide) groups is 1. The molecular formula is C11H15NO2S2. The van der Waals surface area contributed by atoms with Gasteiger partial charge in [0, 0.05) is 22.4 Å². The lowest BCUT2D eigenvalue weighted by molar-refractivity contribution is -0.144. The number of carbonyl (C=O) groups is 1. The summed E-state index contributed by atoms with van der Waals surface area (Å²) in [6.07, 6.45) is 0.707. The van der Waals surface area contributed by atoms with Crippen LogP contribution in [0.4, 0.5) is 0 Å². The molecular weight excluding hydrogens is 242 g/mol. The largest absolute Gasteiger partial charge is 0.480 e. The van der Waals surface area contributed by atoms with E-state index in [4.69, 9.17) is 0 Å². The average Bonchev–Trinajstić information content (AvgIpc) is 2.84. The molecule has 0 saturated carbocycles. The minimum Gasteiger partial charge on any atom is -0.480 e. The molecule has 16 heavy (non-hydrogen) atoms. The second-order valence-electron chi connectivity index (χ2n) is 4.15. The van der Waals surface area contributed by atoms with Crippen LogP contribution in [-0.4, -0.2) is 27.6 Å². The van der Waals surface area contributed by atoms with Crippen LogP contribution in [0.2, 0.25) is 0 Å². The molecule has 1 saturated heterocycles. The third-order valence-electron chi connectivity index (χ3n) is 2.84. The Kier molecular flexibility index (Phi) is 3.56. The van der Waals surface area contributed by atoms with Crippen LogP contribution in [0.25, 0.3) is 0 Å². The number of hydrogen-bond acceptors (Lipinski definition) is 4. The molecule has 3 nitrogen and oxygen atoms in total. The fraction of sp³-hybridized carbons (Fsp3) is 0.545. The molecule has 0 spiro atoms. The quantitative estimate of drug-likeness (QED) is 0.868. The van der Waals surface area contributed by atoms with Crippen molar-refractivity contribution >= 4 is 29.1 Å². The van der Waals surface area contributed by atoms with Gasteiger partial charge in [-0.1, -0.05) is 13.0 Å². The van der Waals surface area contributed by atoms with E-state index in [9.17, 15) is 9.90 Å². The summed E-state index contributed by atoms with van der Waals surface area (Å²) in [5, 5.41) is 15.0. The first-order valence-corrected chi connectivity index (χ1v) is 7.18. The summed E-state index contributed by atoms with van der Waals surface area (Å²) in [7, 11) is 0. The lowest BCUT2D eigenvalue weighted by atomic mass is 9.96. The van der Waals surface area contributed by atoms with E-state index in [1.54, 1.807) is 23.1 Å². The Bertz CT molecular complexity index is 366. The number of hydrogen-bond donors (Lipinski definition) is 2. The molecule has 0 amide bonds. The van der Waals surface area contributed by atoms with Crippen molar-refractivity contribution < 1.29 is 9.90 Å². The second kappa shape index (κ2) is 4.77. The molecule has 5 heteroatoms. The van der Waals surface area contributed by atoms with Crippen LogP contribution in [0.15, 0.2) is 17.5 Å². The van der Waals surface area contributed by atoms with E-state index in [-0.39, 0.29) is 0 Å².